The number of aromatic nitrogens is 2. The van der Waals surface area contributed by atoms with Crippen LogP contribution in [0.1, 0.15) is 0 Å². The highest BCUT2D eigenvalue weighted by Gasteiger charge is 2.10. The fraction of sp³-hybridized carbons (Fsp3) is 0.0588. The molecule has 1 heterocycles. The molecule has 3 rings (SSSR count). The number of anilines is 2. The maximum Gasteiger partial charge on any atom is 0.238 e. The van der Waals surface area contributed by atoms with E-state index in [0.717, 1.165) is 5.56 Å². The third-order valence-electron chi connectivity index (χ3n) is 3.48. The maximum absolute atomic E-state index is 11.5. The highest BCUT2D eigenvalue weighted by atomic mass is 32.2. The van der Waals surface area contributed by atoms with Gasteiger partial charge in [-0.3, -0.25) is 0 Å². The lowest BCUT2D eigenvalue weighted by atomic mass is 10.1. The molecule has 3 aromatic rings. The topological polar surface area (TPSA) is 107 Å². The second-order valence-electron chi connectivity index (χ2n) is 5.19. The summed E-state index contributed by atoms with van der Waals surface area (Å²) in [6.45, 7) is 0. The van der Waals surface area contributed by atoms with E-state index >= 15 is 0 Å². The lowest BCUT2D eigenvalue weighted by Crippen LogP contribution is -2.12. The van der Waals surface area contributed by atoms with E-state index in [4.69, 9.17) is 9.88 Å². The molecule has 0 fully saturated rings. The molecule has 0 bridgehead atoms. The largest absolute Gasteiger partial charge is 0.496 e. The van der Waals surface area contributed by atoms with Crippen LogP contribution in [0, 0.1) is 0 Å². The maximum atomic E-state index is 11.5. The third-order valence-corrected chi connectivity index (χ3v) is 4.40. The smallest absolute Gasteiger partial charge is 0.238 e. The van der Waals surface area contributed by atoms with Gasteiger partial charge in [0.25, 0.3) is 0 Å². The van der Waals surface area contributed by atoms with Gasteiger partial charge in [-0.1, -0.05) is 18.2 Å². The van der Waals surface area contributed by atoms with E-state index < -0.39 is 10.0 Å². The van der Waals surface area contributed by atoms with Crippen LogP contribution in [-0.2, 0) is 10.0 Å². The molecule has 1 aromatic heterocycles. The predicted molar refractivity (Wildman–Crippen MR) is 95.1 cm³/mol. The molecular weight excluding hydrogens is 340 g/mol. The molecule has 3 N–H and O–H groups in total. The number of ether oxygens (including phenoxy) is 1. The van der Waals surface area contributed by atoms with Crippen molar-refractivity contribution in [2.45, 2.75) is 4.90 Å². The average molecular weight is 356 g/mol. The normalized spacial score (nSPS) is 11.1. The van der Waals surface area contributed by atoms with E-state index in [9.17, 15) is 8.42 Å². The highest BCUT2D eigenvalue weighted by Crippen LogP contribution is 2.29. The summed E-state index contributed by atoms with van der Waals surface area (Å²) in [6.07, 6.45) is 1.42. The van der Waals surface area contributed by atoms with Crippen LogP contribution in [-0.4, -0.2) is 25.5 Å². The number of methoxy groups -OCH3 is 1. The first-order valence-corrected chi connectivity index (χ1v) is 8.87. The molecule has 0 atom stereocenters. The molecule has 0 saturated carbocycles. The first kappa shape index (κ1) is 16.9. The van der Waals surface area contributed by atoms with Crippen LogP contribution in [0.5, 0.6) is 5.75 Å². The van der Waals surface area contributed by atoms with Crippen LogP contribution in [0.2, 0.25) is 0 Å². The SMILES string of the molecule is COc1ccccc1-c1cc(Nc2cccc(S(N)(=O)=O)c2)ncn1. The van der Waals surface area contributed by atoms with Gasteiger partial charge in [-0.05, 0) is 30.3 Å². The number of nitrogens with zero attached hydrogens (tertiary/aromatic N) is 2. The number of primary sulfonamides is 1. The van der Waals surface area contributed by atoms with E-state index in [-0.39, 0.29) is 4.90 Å². The number of hydrogen-bond donors (Lipinski definition) is 2. The fourth-order valence-corrected chi connectivity index (χ4v) is 2.89. The van der Waals surface area contributed by atoms with Gasteiger partial charge < -0.3 is 10.1 Å². The number of para-hydroxylation sites is 1. The molecule has 0 radical (unpaired) electrons. The zero-order valence-electron chi connectivity index (χ0n) is 13.4. The minimum absolute atomic E-state index is 0.0245. The van der Waals surface area contributed by atoms with Crippen molar-refractivity contribution in [1.29, 1.82) is 0 Å². The summed E-state index contributed by atoms with van der Waals surface area (Å²) in [5, 5.41) is 8.21. The van der Waals surface area contributed by atoms with Gasteiger partial charge in [-0.2, -0.15) is 0 Å². The molecule has 0 saturated heterocycles. The molecule has 25 heavy (non-hydrogen) atoms. The summed E-state index contributed by atoms with van der Waals surface area (Å²) in [5.41, 5.74) is 2.06. The molecule has 0 aliphatic carbocycles. The quantitative estimate of drug-likeness (QED) is 0.727. The lowest BCUT2D eigenvalue weighted by molar-refractivity contribution is 0.416. The second-order valence-corrected chi connectivity index (χ2v) is 6.75. The Morgan fingerprint density at radius 2 is 1.84 bits per heavy atom. The zero-order valence-corrected chi connectivity index (χ0v) is 14.2. The van der Waals surface area contributed by atoms with Crippen molar-refractivity contribution in [3.05, 3.63) is 60.9 Å². The van der Waals surface area contributed by atoms with E-state index in [1.165, 1.54) is 18.5 Å². The molecule has 0 unspecified atom stereocenters. The van der Waals surface area contributed by atoms with Gasteiger partial charge >= 0.3 is 0 Å². The molecule has 0 aliphatic heterocycles. The van der Waals surface area contributed by atoms with Gasteiger partial charge in [0.2, 0.25) is 10.0 Å². The monoisotopic (exact) mass is 356 g/mol. The summed E-state index contributed by atoms with van der Waals surface area (Å²) >= 11 is 0. The van der Waals surface area contributed by atoms with Crippen molar-refractivity contribution in [1.82, 2.24) is 9.97 Å². The van der Waals surface area contributed by atoms with E-state index in [2.05, 4.69) is 15.3 Å². The van der Waals surface area contributed by atoms with Crippen LogP contribution in [0.25, 0.3) is 11.3 Å². The van der Waals surface area contributed by atoms with Gasteiger partial charge in [0.05, 0.1) is 17.7 Å². The Morgan fingerprint density at radius 3 is 2.60 bits per heavy atom. The molecule has 0 spiro atoms. The standard InChI is InChI=1S/C17H16N4O3S/c1-24-16-8-3-2-7-14(16)15-10-17(20-11-19-15)21-12-5-4-6-13(9-12)25(18,22)23/h2-11H,1H3,(H2,18,22,23)(H,19,20,21). The van der Waals surface area contributed by atoms with Crippen LogP contribution in [0.3, 0.4) is 0 Å². The van der Waals surface area contributed by atoms with Gasteiger partial charge in [0.1, 0.15) is 17.9 Å². The van der Waals surface area contributed by atoms with Gasteiger partial charge in [0.15, 0.2) is 0 Å². The fourth-order valence-electron chi connectivity index (χ4n) is 2.33. The minimum atomic E-state index is -3.77. The van der Waals surface area contributed by atoms with Crippen LogP contribution < -0.4 is 15.2 Å². The summed E-state index contributed by atoms with van der Waals surface area (Å²) in [7, 11) is -2.17. The highest BCUT2D eigenvalue weighted by molar-refractivity contribution is 7.89. The van der Waals surface area contributed by atoms with Crippen molar-refractivity contribution in [2.24, 2.45) is 5.14 Å². The van der Waals surface area contributed by atoms with Gasteiger partial charge in [0, 0.05) is 17.3 Å². The molecule has 8 heteroatoms. The summed E-state index contributed by atoms with van der Waals surface area (Å²) in [6, 6.07) is 15.5. The average Bonchev–Trinajstić information content (AvgIpc) is 2.61. The molecule has 128 valence electrons. The summed E-state index contributed by atoms with van der Waals surface area (Å²) < 4.78 is 28.3. The Hall–Kier alpha value is -2.97. The lowest BCUT2D eigenvalue weighted by Gasteiger charge is -2.10. The predicted octanol–water partition coefficient (Wildman–Crippen LogP) is 2.54. The zero-order chi connectivity index (χ0) is 17.9. The van der Waals surface area contributed by atoms with E-state index in [0.29, 0.717) is 22.9 Å². The van der Waals surface area contributed by atoms with Crippen LogP contribution in [0.4, 0.5) is 11.5 Å². The number of benzene rings is 2. The number of rotatable bonds is 5. The summed E-state index contributed by atoms with van der Waals surface area (Å²) in [5.74, 6) is 1.21. The number of hydrogen-bond acceptors (Lipinski definition) is 6. The number of nitrogens with one attached hydrogen (secondary N) is 1. The van der Waals surface area contributed by atoms with Crippen molar-refractivity contribution >= 4 is 21.5 Å². The van der Waals surface area contributed by atoms with Crippen molar-refractivity contribution in [3.63, 3.8) is 0 Å². The number of nitrogens with two attached hydrogens (primary N) is 1. The van der Waals surface area contributed by atoms with Crippen LogP contribution >= 0.6 is 0 Å². The van der Waals surface area contributed by atoms with Gasteiger partial charge in [-0.15, -0.1) is 0 Å². The van der Waals surface area contributed by atoms with Crippen LogP contribution in [0.15, 0.2) is 65.8 Å². The Balaban J connectivity index is 1.93. The van der Waals surface area contributed by atoms with E-state index in [1.807, 2.05) is 24.3 Å². The molecule has 0 amide bonds. The van der Waals surface area contributed by atoms with Crippen molar-refractivity contribution in [3.8, 4) is 17.0 Å². The molecule has 0 aliphatic rings. The van der Waals surface area contributed by atoms with Crippen molar-refractivity contribution < 1.29 is 13.2 Å². The number of sulfonamides is 1. The Labute approximate surface area is 145 Å². The first-order chi connectivity index (χ1) is 12.0. The Morgan fingerprint density at radius 1 is 1.04 bits per heavy atom. The molecule has 7 nitrogen and oxygen atoms in total. The molecule has 2 aromatic carbocycles. The first-order valence-electron chi connectivity index (χ1n) is 7.33. The summed E-state index contributed by atoms with van der Waals surface area (Å²) in [4.78, 5) is 8.46. The Kier molecular flexibility index (Phi) is 4.64. The molecular formula is C17H16N4O3S. The second kappa shape index (κ2) is 6.88. The van der Waals surface area contributed by atoms with Crippen molar-refractivity contribution in [2.75, 3.05) is 12.4 Å². The Bertz CT molecular complexity index is 1010. The third kappa shape index (κ3) is 3.93. The minimum Gasteiger partial charge on any atom is -0.496 e. The van der Waals surface area contributed by atoms with E-state index in [1.54, 1.807) is 25.3 Å². The van der Waals surface area contributed by atoms with Gasteiger partial charge in [-0.25, -0.2) is 23.5 Å².